The number of rotatable bonds is 3. The molecule has 1 saturated heterocycles. The number of nitriles is 1. The van der Waals surface area contributed by atoms with Crippen LogP contribution in [0.1, 0.15) is 42.1 Å². The van der Waals surface area contributed by atoms with Gasteiger partial charge in [-0.25, -0.2) is 0 Å². The summed E-state index contributed by atoms with van der Waals surface area (Å²) in [6.45, 7) is 2.76. The van der Waals surface area contributed by atoms with E-state index in [0.29, 0.717) is 43.5 Å². The summed E-state index contributed by atoms with van der Waals surface area (Å²) in [5, 5.41) is 18.2. The lowest BCUT2D eigenvalue weighted by atomic mass is 9.76. The van der Waals surface area contributed by atoms with Gasteiger partial charge in [0, 0.05) is 18.7 Å². The molecule has 0 atom stereocenters. The number of aliphatic carboxylic acids is 1. The van der Waals surface area contributed by atoms with Crippen LogP contribution in [0.25, 0.3) is 0 Å². The van der Waals surface area contributed by atoms with Gasteiger partial charge in [-0.05, 0) is 37.5 Å². The Hall–Kier alpha value is -2.35. The summed E-state index contributed by atoms with van der Waals surface area (Å²) in [7, 11) is 0. The summed E-state index contributed by atoms with van der Waals surface area (Å²) >= 11 is 0. The van der Waals surface area contributed by atoms with Crippen LogP contribution in [0.5, 0.6) is 0 Å². The summed E-state index contributed by atoms with van der Waals surface area (Å²) in [6.07, 6.45) is 1.53. The lowest BCUT2D eigenvalue weighted by Gasteiger charge is -2.38. The molecule has 1 aromatic rings. The molecule has 1 aromatic carbocycles. The molecule has 1 fully saturated rings. The van der Waals surface area contributed by atoms with Crippen molar-refractivity contribution in [3.63, 3.8) is 0 Å². The first-order valence-electron chi connectivity index (χ1n) is 7.05. The minimum atomic E-state index is -0.774. The summed E-state index contributed by atoms with van der Waals surface area (Å²) in [5.41, 5.74) is 0.227. The van der Waals surface area contributed by atoms with Crippen molar-refractivity contribution < 1.29 is 14.7 Å². The maximum absolute atomic E-state index is 12.4. The number of benzene rings is 1. The molecule has 0 bridgehead atoms. The standard InChI is InChI=1S/C16H18N2O3/c1-2-16(15(20)21)6-8-18(9-7-16)14(19)13-5-3-4-12(10-13)11-17/h3-5,10H,2,6-9H2,1H3,(H,20,21). The molecule has 21 heavy (non-hydrogen) atoms. The van der Waals surface area contributed by atoms with Crippen LogP contribution in [0.2, 0.25) is 0 Å². The third-order valence-electron chi connectivity index (χ3n) is 4.38. The molecule has 110 valence electrons. The molecule has 0 radical (unpaired) electrons. The Morgan fingerprint density at radius 3 is 2.57 bits per heavy atom. The zero-order chi connectivity index (χ0) is 15.5. The van der Waals surface area contributed by atoms with Gasteiger partial charge >= 0.3 is 5.97 Å². The van der Waals surface area contributed by atoms with E-state index >= 15 is 0 Å². The second-order valence-electron chi connectivity index (χ2n) is 5.42. The molecular formula is C16H18N2O3. The number of hydrogen-bond donors (Lipinski definition) is 1. The van der Waals surface area contributed by atoms with Crippen LogP contribution in [0.15, 0.2) is 24.3 Å². The minimum Gasteiger partial charge on any atom is -0.481 e. The number of amides is 1. The molecule has 1 aliphatic heterocycles. The number of piperidine rings is 1. The van der Waals surface area contributed by atoms with Gasteiger partial charge in [0.05, 0.1) is 17.0 Å². The van der Waals surface area contributed by atoms with Gasteiger partial charge in [-0.2, -0.15) is 5.26 Å². The molecule has 0 aromatic heterocycles. The van der Waals surface area contributed by atoms with Gasteiger partial charge in [-0.1, -0.05) is 13.0 Å². The maximum atomic E-state index is 12.4. The first-order chi connectivity index (χ1) is 10.0. The normalized spacial score (nSPS) is 17.0. The average Bonchev–Trinajstić information content (AvgIpc) is 2.54. The highest BCUT2D eigenvalue weighted by atomic mass is 16.4. The van der Waals surface area contributed by atoms with E-state index in [0.717, 1.165) is 0 Å². The molecule has 0 unspecified atom stereocenters. The quantitative estimate of drug-likeness (QED) is 0.924. The average molecular weight is 286 g/mol. The van der Waals surface area contributed by atoms with Gasteiger partial charge in [0.1, 0.15) is 0 Å². The van der Waals surface area contributed by atoms with Gasteiger partial charge in [-0.3, -0.25) is 9.59 Å². The smallest absolute Gasteiger partial charge is 0.309 e. The van der Waals surface area contributed by atoms with Gasteiger partial charge < -0.3 is 10.0 Å². The molecular weight excluding hydrogens is 268 g/mol. The third kappa shape index (κ3) is 2.89. The zero-order valence-corrected chi connectivity index (χ0v) is 12.0. The predicted octanol–water partition coefficient (Wildman–Crippen LogP) is 2.28. The fraction of sp³-hybridized carbons (Fsp3) is 0.438. The number of likely N-dealkylation sites (tertiary alicyclic amines) is 1. The van der Waals surface area contributed by atoms with E-state index in [2.05, 4.69) is 0 Å². The highest BCUT2D eigenvalue weighted by Crippen LogP contribution is 2.35. The zero-order valence-electron chi connectivity index (χ0n) is 12.0. The Kier molecular flexibility index (Phi) is 4.27. The fourth-order valence-electron chi connectivity index (χ4n) is 2.76. The van der Waals surface area contributed by atoms with Gasteiger partial charge in [-0.15, -0.1) is 0 Å². The highest BCUT2D eigenvalue weighted by Gasteiger charge is 2.40. The van der Waals surface area contributed by atoms with Crippen LogP contribution in [0, 0.1) is 16.7 Å². The van der Waals surface area contributed by atoms with Crippen molar-refractivity contribution >= 4 is 11.9 Å². The van der Waals surface area contributed by atoms with Gasteiger partial charge in [0.15, 0.2) is 0 Å². The Morgan fingerprint density at radius 2 is 2.05 bits per heavy atom. The number of carbonyl (C=O) groups is 2. The van der Waals surface area contributed by atoms with Gasteiger partial charge in [0.2, 0.25) is 0 Å². The molecule has 1 heterocycles. The SMILES string of the molecule is CCC1(C(=O)O)CCN(C(=O)c2cccc(C#N)c2)CC1. The van der Waals surface area contributed by atoms with Crippen LogP contribution < -0.4 is 0 Å². The van der Waals surface area contributed by atoms with Crippen molar-refractivity contribution in [3.05, 3.63) is 35.4 Å². The Balaban J connectivity index is 2.10. The van der Waals surface area contributed by atoms with Crippen molar-refractivity contribution in [1.82, 2.24) is 4.90 Å². The maximum Gasteiger partial charge on any atom is 0.309 e. The number of carboxylic acids is 1. The predicted molar refractivity (Wildman–Crippen MR) is 76.7 cm³/mol. The molecule has 0 spiro atoms. The monoisotopic (exact) mass is 286 g/mol. The molecule has 0 saturated carbocycles. The van der Waals surface area contributed by atoms with E-state index in [4.69, 9.17) is 5.26 Å². The summed E-state index contributed by atoms with van der Waals surface area (Å²) < 4.78 is 0. The van der Waals surface area contributed by atoms with Crippen molar-refractivity contribution in [3.8, 4) is 6.07 Å². The summed E-state index contributed by atoms with van der Waals surface area (Å²) in [5.74, 6) is -0.911. The van der Waals surface area contributed by atoms with Crippen molar-refractivity contribution in [2.24, 2.45) is 5.41 Å². The number of nitrogens with zero attached hydrogens (tertiary/aromatic N) is 2. The molecule has 5 nitrogen and oxygen atoms in total. The second-order valence-corrected chi connectivity index (χ2v) is 5.42. The van der Waals surface area contributed by atoms with Crippen LogP contribution in [-0.2, 0) is 4.79 Å². The van der Waals surface area contributed by atoms with Crippen molar-refractivity contribution in [1.29, 1.82) is 5.26 Å². The van der Waals surface area contributed by atoms with Crippen LogP contribution >= 0.6 is 0 Å². The summed E-state index contributed by atoms with van der Waals surface area (Å²) in [4.78, 5) is 25.5. The largest absolute Gasteiger partial charge is 0.481 e. The lowest BCUT2D eigenvalue weighted by molar-refractivity contribution is -0.152. The number of carboxylic acid groups (broad SMARTS) is 1. The van der Waals surface area contributed by atoms with Crippen LogP contribution in [-0.4, -0.2) is 35.0 Å². The van der Waals surface area contributed by atoms with E-state index in [1.54, 1.807) is 29.2 Å². The Morgan fingerprint density at radius 1 is 1.38 bits per heavy atom. The van der Waals surface area contributed by atoms with E-state index in [1.807, 2.05) is 13.0 Å². The Bertz CT molecular complexity index is 596. The molecule has 1 amide bonds. The van der Waals surface area contributed by atoms with Crippen molar-refractivity contribution in [2.75, 3.05) is 13.1 Å². The first kappa shape index (κ1) is 15.0. The lowest BCUT2D eigenvalue weighted by Crippen LogP contribution is -2.46. The van der Waals surface area contributed by atoms with E-state index < -0.39 is 11.4 Å². The second kappa shape index (κ2) is 5.96. The van der Waals surface area contributed by atoms with E-state index in [1.165, 1.54) is 0 Å². The topological polar surface area (TPSA) is 81.4 Å². The third-order valence-corrected chi connectivity index (χ3v) is 4.38. The van der Waals surface area contributed by atoms with E-state index in [9.17, 15) is 14.7 Å². The highest BCUT2D eigenvalue weighted by molar-refractivity contribution is 5.94. The number of hydrogen-bond acceptors (Lipinski definition) is 3. The number of carbonyl (C=O) groups excluding carboxylic acids is 1. The Labute approximate surface area is 123 Å². The van der Waals surface area contributed by atoms with E-state index in [-0.39, 0.29) is 5.91 Å². The molecule has 1 N–H and O–H groups in total. The first-order valence-corrected chi connectivity index (χ1v) is 7.05. The minimum absolute atomic E-state index is 0.137. The molecule has 2 rings (SSSR count). The molecule has 1 aliphatic rings. The van der Waals surface area contributed by atoms with Crippen LogP contribution in [0.4, 0.5) is 0 Å². The molecule has 5 heteroatoms. The van der Waals surface area contributed by atoms with Crippen LogP contribution in [0.3, 0.4) is 0 Å². The van der Waals surface area contributed by atoms with Gasteiger partial charge in [0.25, 0.3) is 5.91 Å². The van der Waals surface area contributed by atoms with Crippen molar-refractivity contribution in [2.45, 2.75) is 26.2 Å². The molecule has 0 aliphatic carbocycles. The summed E-state index contributed by atoms with van der Waals surface area (Å²) in [6, 6.07) is 8.60. The fourth-order valence-corrected chi connectivity index (χ4v) is 2.76.